The number of oxime groups is 1. The second-order valence-electron chi connectivity index (χ2n) is 13.9. The van der Waals surface area contributed by atoms with Crippen molar-refractivity contribution in [2.45, 2.75) is 45.1 Å². The molecule has 0 spiro atoms. The third-order valence-corrected chi connectivity index (χ3v) is 10.6. The zero-order valence-electron chi connectivity index (χ0n) is 31.1. The van der Waals surface area contributed by atoms with Crippen molar-refractivity contribution >= 4 is 64.1 Å². The second kappa shape index (κ2) is 14.1. The van der Waals surface area contributed by atoms with Gasteiger partial charge in [0.2, 0.25) is 6.10 Å². The molecule has 8 rings (SSSR count). The van der Waals surface area contributed by atoms with Gasteiger partial charge in [-0.05, 0) is 6.92 Å². The quantitative estimate of drug-likeness (QED) is 0.0759. The van der Waals surface area contributed by atoms with Crippen molar-refractivity contribution < 1.29 is 53.1 Å². The number of ether oxygens (including phenoxy) is 2. The van der Waals surface area contributed by atoms with Crippen LogP contribution >= 0.6 is 0 Å². The van der Waals surface area contributed by atoms with Crippen LogP contribution in [0.25, 0.3) is 33.4 Å². The van der Waals surface area contributed by atoms with Gasteiger partial charge in [-0.15, -0.1) is 0 Å². The molecule has 2 aromatic heterocycles. The van der Waals surface area contributed by atoms with Gasteiger partial charge in [-0.3, -0.25) is 40.5 Å². The van der Waals surface area contributed by atoms with Crippen LogP contribution in [0.2, 0.25) is 0 Å². The van der Waals surface area contributed by atoms with E-state index in [1.807, 2.05) is 0 Å². The van der Waals surface area contributed by atoms with Gasteiger partial charge in [0.15, 0.2) is 0 Å². The first kappa shape index (κ1) is 39.4. The molecule has 0 unspecified atom stereocenters. The number of cyclic esters (lactones) is 1. The van der Waals surface area contributed by atoms with Crippen LogP contribution in [0.15, 0.2) is 64.5 Å². The third-order valence-electron chi connectivity index (χ3n) is 10.6. The summed E-state index contributed by atoms with van der Waals surface area (Å²) >= 11 is 0. The van der Waals surface area contributed by atoms with E-state index in [2.05, 4.69) is 10.1 Å². The standard InChI is InChI=1S/C37H22BN7O16/c1-3-37(24-12-28-31-18(13-41(28)34(47)23(24)14-59-36(37)49)7-17-6-16(33(46)38-50)4-5-25(17)39-31)60-35(48)15(2)61-40-32-21-8-19(42(51)52)10-26(44(55)56)29(21)30-22(32)9-20(43(53)54)11-27(30)45(57)58/h4-12,15H,3,13-14H2,1-2H3/t15-,37-/m0/s1. The number of pyridine rings is 2. The molecule has 3 aliphatic rings. The number of nitro groups is 4. The van der Waals surface area contributed by atoms with E-state index in [-0.39, 0.29) is 42.5 Å². The summed E-state index contributed by atoms with van der Waals surface area (Å²) in [5.74, 6) is -2.33. The van der Waals surface area contributed by atoms with E-state index < -0.39 is 112 Å². The van der Waals surface area contributed by atoms with E-state index >= 15 is 0 Å². The summed E-state index contributed by atoms with van der Waals surface area (Å²) in [5.41, 5.74) is -8.05. The number of aromatic nitrogens is 2. The van der Waals surface area contributed by atoms with Crippen LogP contribution in [-0.4, -0.2) is 65.8 Å². The fourth-order valence-electron chi connectivity index (χ4n) is 7.66. The number of non-ortho nitro benzene ring substituents is 2. The summed E-state index contributed by atoms with van der Waals surface area (Å²) in [5, 5.41) is 52.3. The van der Waals surface area contributed by atoms with Crippen LogP contribution in [0.1, 0.15) is 58.4 Å². The Kier molecular flexibility index (Phi) is 9.13. The van der Waals surface area contributed by atoms with Crippen molar-refractivity contribution in [3.05, 3.63) is 139 Å². The van der Waals surface area contributed by atoms with Crippen molar-refractivity contribution in [3.63, 3.8) is 0 Å². The Bertz CT molecular complexity index is 2970. The normalized spacial score (nSPS) is 15.8. The third kappa shape index (κ3) is 6.06. The van der Waals surface area contributed by atoms with E-state index in [0.29, 0.717) is 34.3 Å². The molecule has 304 valence electrons. The van der Waals surface area contributed by atoms with Gasteiger partial charge >= 0.3 is 164 Å². The van der Waals surface area contributed by atoms with Crippen LogP contribution < -0.4 is 5.56 Å². The Morgan fingerprint density at radius 2 is 1.54 bits per heavy atom. The molecule has 0 fully saturated rings. The fraction of sp³-hybridized carbons (Fsp3) is 0.189. The van der Waals surface area contributed by atoms with Crippen molar-refractivity contribution in [2.75, 3.05) is 0 Å². The topological polar surface area (TPSA) is 316 Å². The number of rotatable bonds is 11. The predicted molar refractivity (Wildman–Crippen MR) is 204 cm³/mol. The minimum absolute atomic E-state index is 0.0195. The Morgan fingerprint density at radius 1 is 0.918 bits per heavy atom. The first-order valence-electron chi connectivity index (χ1n) is 17.8. The molecule has 4 heterocycles. The Labute approximate surface area is 338 Å². The molecule has 2 atom stereocenters. The Morgan fingerprint density at radius 3 is 2.10 bits per heavy atom. The van der Waals surface area contributed by atoms with Gasteiger partial charge in [0, 0.05) is 23.3 Å². The molecule has 24 heteroatoms. The number of fused-ring (bicyclic) bond motifs is 8. The zero-order chi connectivity index (χ0) is 43.8. The van der Waals surface area contributed by atoms with Crippen LogP contribution in [-0.2, 0) is 47.4 Å². The van der Waals surface area contributed by atoms with E-state index in [9.17, 15) is 64.3 Å². The first-order chi connectivity index (χ1) is 29.0. The summed E-state index contributed by atoms with van der Waals surface area (Å²) in [7, 11) is 0.184. The van der Waals surface area contributed by atoms with Crippen LogP contribution in [0.5, 0.6) is 0 Å². The fourth-order valence-corrected chi connectivity index (χ4v) is 7.66. The molecule has 5 aromatic rings. The summed E-state index contributed by atoms with van der Waals surface area (Å²) in [6, 6.07) is 10.3. The average molecular weight is 831 g/mol. The van der Waals surface area contributed by atoms with E-state index in [1.54, 1.807) is 6.07 Å². The number of carbonyl (C=O) groups is 3. The van der Waals surface area contributed by atoms with Gasteiger partial charge in [0.1, 0.15) is 5.71 Å². The molecule has 1 aliphatic carbocycles. The molecule has 23 nitrogen and oxygen atoms in total. The number of nitrogens with zero attached hydrogens (tertiary/aromatic N) is 7. The molecule has 0 bridgehead atoms. The summed E-state index contributed by atoms with van der Waals surface area (Å²) in [4.78, 5) is 107. The molecular formula is C37H22BN7O16. The maximum atomic E-state index is 14.0. The first-order valence-corrected chi connectivity index (χ1v) is 17.8. The van der Waals surface area contributed by atoms with Crippen molar-refractivity contribution in [2.24, 2.45) is 5.16 Å². The van der Waals surface area contributed by atoms with E-state index in [4.69, 9.17) is 14.3 Å². The van der Waals surface area contributed by atoms with Crippen LogP contribution in [0, 0.1) is 40.5 Å². The Hall–Kier alpha value is -8.44. The molecule has 0 saturated heterocycles. The number of carbonyl (C=O) groups excluding carboxylic acids is 3. The SMILES string of the molecule is CC[C@@]1(OC(=O)[C@H](C)ON=C2c3cc([N+](=O)[O-])cc([N+](=O)[O-])c3-c3c2cc([N+](=O)[O-])cc3[N+](=O)[O-])C(=O)OCc2c1cc1n(c2=O)Cc2cc3cc(C(=O)B=O)ccc3nc2-1. The second-order valence-corrected chi connectivity index (χ2v) is 13.9. The molecule has 0 radical (unpaired) electrons. The van der Waals surface area contributed by atoms with Crippen molar-refractivity contribution in [1.82, 2.24) is 9.55 Å². The van der Waals surface area contributed by atoms with Gasteiger partial charge in [0.05, 0.1) is 43.0 Å². The number of esters is 2. The number of hydrogen-bond donors (Lipinski definition) is 0. The molecule has 3 aromatic carbocycles. The molecular weight excluding hydrogens is 809 g/mol. The molecule has 0 N–H and O–H groups in total. The predicted octanol–water partition coefficient (Wildman–Crippen LogP) is 4.29. The molecule has 0 saturated carbocycles. The zero-order valence-corrected chi connectivity index (χ0v) is 31.1. The van der Waals surface area contributed by atoms with Crippen LogP contribution in [0.3, 0.4) is 0 Å². The number of hydrogen-bond acceptors (Lipinski definition) is 18. The summed E-state index contributed by atoms with van der Waals surface area (Å²) in [6.45, 7) is 2.13. The monoisotopic (exact) mass is 831 g/mol. The summed E-state index contributed by atoms with van der Waals surface area (Å²) < 4.78 is 23.6. The summed E-state index contributed by atoms with van der Waals surface area (Å²) in [6.07, 6.45) is -2.06. The van der Waals surface area contributed by atoms with Crippen LogP contribution in [0.4, 0.5) is 22.7 Å². The Balaban J connectivity index is 1.18. The van der Waals surface area contributed by atoms with Gasteiger partial charge in [-0.1, -0.05) is 12.1 Å². The van der Waals surface area contributed by atoms with Gasteiger partial charge in [-0.25, -0.2) is 9.59 Å². The van der Waals surface area contributed by atoms with Crippen molar-refractivity contribution in [1.29, 1.82) is 0 Å². The average Bonchev–Trinajstić information content (AvgIpc) is 3.76. The van der Waals surface area contributed by atoms with Crippen molar-refractivity contribution in [3.8, 4) is 22.5 Å². The number of benzene rings is 3. The van der Waals surface area contributed by atoms with Gasteiger partial charge in [0.25, 0.3) is 22.7 Å². The van der Waals surface area contributed by atoms with Gasteiger partial charge < -0.3 is 4.84 Å². The molecule has 61 heavy (non-hydrogen) atoms. The molecule has 2 aliphatic heterocycles. The van der Waals surface area contributed by atoms with Gasteiger partial charge in [-0.2, -0.15) is 0 Å². The van der Waals surface area contributed by atoms with E-state index in [0.717, 1.165) is 19.1 Å². The maximum absolute atomic E-state index is 14.0. The van der Waals surface area contributed by atoms with E-state index in [1.165, 1.54) is 35.8 Å². The number of nitro benzene ring substituents is 4. The molecule has 0 amide bonds. The minimum atomic E-state index is -2.25.